The molecule has 0 aromatic carbocycles. The predicted molar refractivity (Wildman–Crippen MR) is 66.6 cm³/mol. The number of nitriles is 1. The average molecular weight is 237 g/mol. The minimum atomic E-state index is -0.0242. The molecule has 2 aliphatic rings. The Morgan fingerprint density at radius 2 is 2.29 bits per heavy atom. The maximum atomic E-state index is 9.14. The zero-order chi connectivity index (χ0) is 12.1. The molecule has 1 aliphatic carbocycles. The maximum absolute atomic E-state index is 9.14. The van der Waals surface area contributed by atoms with Crippen LogP contribution in [0.25, 0.3) is 0 Å². The van der Waals surface area contributed by atoms with Gasteiger partial charge in [-0.1, -0.05) is 6.92 Å². The summed E-state index contributed by atoms with van der Waals surface area (Å²) in [6.45, 7) is 5.85. The number of nitrogens with zero attached hydrogens (tertiary/aromatic N) is 2. The van der Waals surface area contributed by atoms with Gasteiger partial charge in [0.1, 0.15) is 6.04 Å². The van der Waals surface area contributed by atoms with E-state index in [-0.39, 0.29) is 6.04 Å². The van der Waals surface area contributed by atoms with Crippen molar-refractivity contribution in [2.45, 2.75) is 50.8 Å². The van der Waals surface area contributed by atoms with E-state index in [1.807, 2.05) is 0 Å². The van der Waals surface area contributed by atoms with Gasteiger partial charge < -0.3 is 4.74 Å². The molecule has 17 heavy (non-hydrogen) atoms. The Morgan fingerprint density at radius 1 is 1.47 bits per heavy atom. The molecular weight excluding hydrogens is 214 g/mol. The zero-order valence-electron chi connectivity index (χ0n) is 10.7. The molecule has 0 aromatic heterocycles. The van der Waals surface area contributed by atoms with Crippen LogP contribution in [-0.2, 0) is 4.74 Å². The monoisotopic (exact) mass is 237 g/mol. The number of nitrogens with one attached hydrogen (secondary N) is 1. The fraction of sp³-hybridized carbons (Fsp3) is 0.923. The molecule has 96 valence electrons. The van der Waals surface area contributed by atoms with E-state index >= 15 is 0 Å². The summed E-state index contributed by atoms with van der Waals surface area (Å²) in [5.74, 6) is 0. The SMILES string of the molecule is CCN(CC(C#N)NC1CC1)CC1CCCO1. The van der Waals surface area contributed by atoms with Gasteiger partial charge in [0.2, 0.25) is 0 Å². The van der Waals surface area contributed by atoms with Crippen LogP contribution in [0.5, 0.6) is 0 Å². The number of likely N-dealkylation sites (N-methyl/N-ethyl adjacent to an activating group) is 1. The molecule has 2 atom stereocenters. The summed E-state index contributed by atoms with van der Waals surface area (Å²) in [4.78, 5) is 2.33. The van der Waals surface area contributed by atoms with Crippen LogP contribution in [-0.4, -0.2) is 49.3 Å². The highest BCUT2D eigenvalue weighted by Gasteiger charge is 2.26. The van der Waals surface area contributed by atoms with Crippen LogP contribution in [0.1, 0.15) is 32.6 Å². The van der Waals surface area contributed by atoms with E-state index in [1.165, 1.54) is 25.7 Å². The third-order valence-corrected chi connectivity index (χ3v) is 3.54. The molecule has 0 radical (unpaired) electrons. The van der Waals surface area contributed by atoms with Crippen molar-refractivity contribution in [2.75, 3.05) is 26.2 Å². The molecule has 1 saturated heterocycles. The first-order chi connectivity index (χ1) is 8.31. The quantitative estimate of drug-likeness (QED) is 0.721. The molecule has 2 unspecified atom stereocenters. The summed E-state index contributed by atoms with van der Waals surface area (Å²) in [5, 5.41) is 12.5. The number of ether oxygens (including phenoxy) is 1. The van der Waals surface area contributed by atoms with Gasteiger partial charge in [0.05, 0.1) is 12.2 Å². The standard InChI is InChI=1S/C13H23N3O/c1-2-16(10-13-4-3-7-17-13)9-12(8-14)15-11-5-6-11/h11-13,15H,2-7,9-10H2,1H3. The fourth-order valence-corrected chi connectivity index (χ4v) is 2.33. The van der Waals surface area contributed by atoms with Crippen LogP contribution >= 0.6 is 0 Å². The Kier molecular flexibility index (Phi) is 4.78. The molecule has 1 heterocycles. The zero-order valence-corrected chi connectivity index (χ0v) is 10.7. The highest BCUT2D eigenvalue weighted by Crippen LogP contribution is 2.19. The van der Waals surface area contributed by atoms with Crippen LogP contribution in [0, 0.1) is 11.3 Å². The Morgan fingerprint density at radius 3 is 2.82 bits per heavy atom. The van der Waals surface area contributed by atoms with Crippen molar-refractivity contribution in [1.82, 2.24) is 10.2 Å². The summed E-state index contributed by atoms with van der Waals surface area (Å²) >= 11 is 0. The van der Waals surface area contributed by atoms with Crippen molar-refractivity contribution in [1.29, 1.82) is 5.26 Å². The maximum Gasteiger partial charge on any atom is 0.108 e. The highest BCUT2D eigenvalue weighted by atomic mass is 16.5. The Labute approximate surface area is 104 Å². The van der Waals surface area contributed by atoms with Crippen molar-refractivity contribution in [2.24, 2.45) is 0 Å². The van der Waals surface area contributed by atoms with E-state index in [0.29, 0.717) is 12.1 Å². The first-order valence-corrected chi connectivity index (χ1v) is 6.81. The molecule has 0 spiro atoms. The van der Waals surface area contributed by atoms with Gasteiger partial charge in [-0.05, 0) is 32.2 Å². The Bertz CT molecular complexity index is 266. The molecule has 0 aromatic rings. The first kappa shape index (κ1) is 12.8. The van der Waals surface area contributed by atoms with Gasteiger partial charge in [-0.25, -0.2) is 0 Å². The van der Waals surface area contributed by atoms with E-state index in [0.717, 1.165) is 26.2 Å². The molecule has 0 amide bonds. The number of hydrogen-bond donors (Lipinski definition) is 1. The summed E-state index contributed by atoms with van der Waals surface area (Å²) in [6.07, 6.45) is 5.20. The van der Waals surface area contributed by atoms with Gasteiger partial charge in [0.15, 0.2) is 0 Å². The summed E-state index contributed by atoms with van der Waals surface area (Å²) in [5.41, 5.74) is 0. The first-order valence-electron chi connectivity index (χ1n) is 6.81. The Hall–Kier alpha value is -0.630. The highest BCUT2D eigenvalue weighted by molar-refractivity contribution is 4.97. The molecule has 0 bridgehead atoms. The van der Waals surface area contributed by atoms with Gasteiger partial charge in [-0.3, -0.25) is 10.2 Å². The summed E-state index contributed by atoms with van der Waals surface area (Å²) in [7, 11) is 0. The lowest BCUT2D eigenvalue weighted by atomic mass is 10.2. The molecule has 2 rings (SSSR count). The lowest BCUT2D eigenvalue weighted by Crippen LogP contribution is -2.43. The van der Waals surface area contributed by atoms with Crippen LogP contribution in [0.4, 0.5) is 0 Å². The van der Waals surface area contributed by atoms with Gasteiger partial charge in [-0.2, -0.15) is 5.26 Å². The topological polar surface area (TPSA) is 48.3 Å². The molecule has 1 N–H and O–H groups in total. The molecule has 1 saturated carbocycles. The van der Waals surface area contributed by atoms with Gasteiger partial charge in [-0.15, -0.1) is 0 Å². The van der Waals surface area contributed by atoms with Crippen LogP contribution in [0.3, 0.4) is 0 Å². The van der Waals surface area contributed by atoms with Crippen LogP contribution < -0.4 is 5.32 Å². The van der Waals surface area contributed by atoms with Gasteiger partial charge >= 0.3 is 0 Å². The van der Waals surface area contributed by atoms with E-state index in [2.05, 4.69) is 23.2 Å². The molecular formula is C13H23N3O. The van der Waals surface area contributed by atoms with Crippen LogP contribution in [0.2, 0.25) is 0 Å². The summed E-state index contributed by atoms with van der Waals surface area (Å²) < 4.78 is 5.65. The van der Waals surface area contributed by atoms with Crippen molar-refractivity contribution in [3.8, 4) is 6.07 Å². The normalized spacial score (nSPS) is 26.1. The second kappa shape index (κ2) is 6.34. The van der Waals surface area contributed by atoms with Crippen LogP contribution in [0.15, 0.2) is 0 Å². The lowest BCUT2D eigenvalue weighted by molar-refractivity contribution is 0.0733. The third-order valence-electron chi connectivity index (χ3n) is 3.54. The van der Waals surface area contributed by atoms with Crippen molar-refractivity contribution in [3.63, 3.8) is 0 Å². The second-order valence-electron chi connectivity index (χ2n) is 5.11. The minimum absolute atomic E-state index is 0.0242. The van der Waals surface area contributed by atoms with Crippen molar-refractivity contribution >= 4 is 0 Å². The second-order valence-corrected chi connectivity index (χ2v) is 5.11. The van der Waals surface area contributed by atoms with E-state index in [9.17, 15) is 0 Å². The predicted octanol–water partition coefficient (Wildman–Crippen LogP) is 1.13. The number of hydrogen-bond acceptors (Lipinski definition) is 4. The molecule has 4 nitrogen and oxygen atoms in total. The number of rotatable bonds is 7. The summed E-state index contributed by atoms with van der Waals surface area (Å²) in [6, 6.07) is 2.94. The average Bonchev–Trinajstić information content (AvgIpc) is 3.01. The third kappa shape index (κ3) is 4.27. The van der Waals surface area contributed by atoms with Crippen molar-refractivity contribution in [3.05, 3.63) is 0 Å². The molecule has 4 heteroatoms. The Balaban J connectivity index is 1.73. The van der Waals surface area contributed by atoms with E-state index in [1.54, 1.807) is 0 Å². The van der Waals surface area contributed by atoms with Crippen molar-refractivity contribution < 1.29 is 4.74 Å². The van der Waals surface area contributed by atoms with E-state index in [4.69, 9.17) is 10.00 Å². The smallest absolute Gasteiger partial charge is 0.108 e. The molecule has 1 aliphatic heterocycles. The molecule has 2 fully saturated rings. The lowest BCUT2D eigenvalue weighted by Gasteiger charge is -2.26. The fourth-order valence-electron chi connectivity index (χ4n) is 2.33. The van der Waals surface area contributed by atoms with Gasteiger partial charge in [0, 0.05) is 25.7 Å². The largest absolute Gasteiger partial charge is 0.377 e. The van der Waals surface area contributed by atoms with E-state index < -0.39 is 0 Å². The minimum Gasteiger partial charge on any atom is -0.377 e. The van der Waals surface area contributed by atoms with Gasteiger partial charge in [0.25, 0.3) is 0 Å².